The van der Waals surface area contributed by atoms with Gasteiger partial charge >= 0.3 is 0 Å². The first-order valence-electron chi connectivity index (χ1n) is 10.2. The number of hydrogen-bond acceptors (Lipinski definition) is 4. The molecule has 1 aliphatic rings. The highest BCUT2D eigenvalue weighted by atomic mass is 127. The molecule has 0 aliphatic carbocycles. The molecule has 0 bridgehead atoms. The second kappa shape index (κ2) is 10.8. The second-order valence-corrected chi connectivity index (χ2v) is 9.79. The lowest BCUT2D eigenvalue weighted by atomic mass is 10.1. The van der Waals surface area contributed by atoms with Crippen molar-refractivity contribution in [3.8, 4) is 5.75 Å². The van der Waals surface area contributed by atoms with Crippen LogP contribution in [0.1, 0.15) is 16.7 Å². The summed E-state index contributed by atoms with van der Waals surface area (Å²) in [6.07, 6.45) is 1.92. The number of morpholine rings is 1. The van der Waals surface area contributed by atoms with Gasteiger partial charge in [0.2, 0.25) is 0 Å². The van der Waals surface area contributed by atoms with E-state index < -0.39 is 0 Å². The molecule has 1 heterocycles. The van der Waals surface area contributed by atoms with Gasteiger partial charge in [-0.3, -0.25) is 4.99 Å². The fourth-order valence-electron chi connectivity index (χ4n) is 3.47. The summed E-state index contributed by atoms with van der Waals surface area (Å²) >= 11 is 4.67. The maximum absolute atomic E-state index is 6.12. The molecule has 0 amide bonds. The van der Waals surface area contributed by atoms with E-state index >= 15 is 0 Å². The lowest BCUT2D eigenvalue weighted by molar-refractivity contribution is 0.122. The van der Waals surface area contributed by atoms with Gasteiger partial charge in [0.1, 0.15) is 12.4 Å². The molecule has 1 fully saturated rings. The second-order valence-electron chi connectivity index (χ2n) is 7.47. The fraction of sp³-hybridized carbons (Fsp3) is 0.240. The van der Waals surface area contributed by atoms with Crippen LogP contribution in [0.15, 0.2) is 65.7 Å². The van der Waals surface area contributed by atoms with Crippen LogP contribution >= 0.6 is 45.2 Å². The molecule has 160 valence electrons. The summed E-state index contributed by atoms with van der Waals surface area (Å²) in [6.45, 7) is 6.14. The van der Waals surface area contributed by atoms with Crippen molar-refractivity contribution in [2.75, 3.05) is 31.2 Å². The van der Waals surface area contributed by atoms with Gasteiger partial charge in [0.05, 0.1) is 26.0 Å². The Hall–Kier alpha value is -1.65. The quantitative estimate of drug-likeness (QED) is 0.233. The zero-order valence-corrected chi connectivity index (χ0v) is 21.7. The lowest BCUT2D eigenvalue weighted by Crippen LogP contribution is -2.36. The molecule has 6 heteroatoms. The van der Waals surface area contributed by atoms with E-state index in [4.69, 9.17) is 9.47 Å². The van der Waals surface area contributed by atoms with E-state index in [2.05, 4.69) is 123 Å². The zero-order valence-electron chi connectivity index (χ0n) is 17.4. The molecule has 1 aliphatic heterocycles. The van der Waals surface area contributed by atoms with Crippen LogP contribution < -0.4 is 9.64 Å². The Labute approximate surface area is 211 Å². The SMILES string of the molecule is Cc1cccc(COc2c(I)cc(C=Nc3ccc(N4CCOCC4)cc3)cc2I)c1. The van der Waals surface area contributed by atoms with Crippen LogP contribution in [0.5, 0.6) is 5.75 Å². The fourth-order valence-corrected chi connectivity index (χ4v) is 5.60. The molecular formula is C25H24I2N2O2. The standard InChI is InChI=1S/C25H24I2N2O2/c1-18-3-2-4-19(13-18)17-31-25-23(26)14-20(15-24(25)27)16-28-21-5-7-22(8-6-21)29-9-11-30-12-10-29/h2-8,13-16H,9-12,17H2,1H3. The van der Waals surface area contributed by atoms with E-state index in [1.54, 1.807) is 0 Å². The molecular weight excluding hydrogens is 614 g/mol. The molecule has 0 aromatic heterocycles. The van der Waals surface area contributed by atoms with E-state index in [0.29, 0.717) is 6.61 Å². The third kappa shape index (κ3) is 6.20. The summed E-state index contributed by atoms with van der Waals surface area (Å²) in [7, 11) is 0. The van der Waals surface area contributed by atoms with Crippen molar-refractivity contribution in [1.82, 2.24) is 0 Å². The average Bonchev–Trinajstić information content (AvgIpc) is 2.78. The van der Waals surface area contributed by atoms with Crippen molar-refractivity contribution in [1.29, 1.82) is 0 Å². The maximum Gasteiger partial charge on any atom is 0.146 e. The highest BCUT2D eigenvalue weighted by Gasteiger charge is 2.11. The Morgan fingerprint density at radius 2 is 1.71 bits per heavy atom. The monoisotopic (exact) mass is 638 g/mol. The molecule has 4 rings (SSSR count). The number of hydrogen-bond donors (Lipinski definition) is 0. The summed E-state index contributed by atoms with van der Waals surface area (Å²) in [6, 6.07) is 21.0. The van der Waals surface area contributed by atoms with Crippen molar-refractivity contribution in [3.63, 3.8) is 0 Å². The summed E-state index contributed by atoms with van der Waals surface area (Å²) in [5.74, 6) is 0.926. The molecule has 0 spiro atoms. The molecule has 4 nitrogen and oxygen atoms in total. The topological polar surface area (TPSA) is 34.1 Å². The third-order valence-corrected chi connectivity index (χ3v) is 6.68. The normalized spacial score (nSPS) is 14.2. The maximum atomic E-state index is 6.12. The largest absolute Gasteiger partial charge is 0.487 e. The summed E-state index contributed by atoms with van der Waals surface area (Å²) < 4.78 is 13.7. The van der Waals surface area contributed by atoms with Gasteiger partial charge in [0.15, 0.2) is 0 Å². The van der Waals surface area contributed by atoms with Crippen LogP contribution in [-0.2, 0) is 11.3 Å². The van der Waals surface area contributed by atoms with Gasteiger partial charge in [0.25, 0.3) is 0 Å². The number of rotatable bonds is 6. The van der Waals surface area contributed by atoms with Gasteiger partial charge in [-0.2, -0.15) is 0 Å². The lowest BCUT2D eigenvalue weighted by Gasteiger charge is -2.28. The molecule has 1 saturated heterocycles. The Morgan fingerprint density at radius 3 is 2.39 bits per heavy atom. The van der Waals surface area contributed by atoms with Crippen LogP contribution in [0.4, 0.5) is 11.4 Å². The van der Waals surface area contributed by atoms with Crippen molar-refractivity contribution < 1.29 is 9.47 Å². The zero-order chi connectivity index (χ0) is 21.6. The molecule has 0 radical (unpaired) electrons. The summed E-state index contributed by atoms with van der Waals surface area (Å²) in [5, 5.41) is 0. The number of halogens is 2. The Kier molecular flexibility index (Phi) is 7.84. The predicted molar refractivity (Wildman–Crippen MR) is 144 cm³/mol. The molecule has 0 atom stereocenters. The van der Waals surface area contributed by atoms with Crippen LogP contribution in [-0.4, -0.2) is 32.5 Å². The van der Waals surface area contributed by atoms with Gasteiger partial charge in [-0.05, 0) is 99.6 Å². The first kappa shape index (κ1) is 22.5. The number of benzene rings is 3. The molecule has 0 unspecified atom stereocenters. The van der Waals surface area contributed by atoms with E-state index in [1.807, 2.05) is 6.21 Å². The first-order valence-corrected chi connectivity index (χ1v) is 12.4. The van der Waals surface area contributed by atoms with E-state index in [9.17, 15) is 0 Å². The average molecular weight is 638 g/mol. The molecule has 0 N–H and O–H groups in total. The van der Waals surface area contributed by atoms with Gasteiger partial charge in [-0.15, -0.1) is 0 Å². The number of ether oxygens (including phenoxy) is 2. The highest BCUT2D eigenvalue weighted by molar-refractivity contribution is 14.1. The Bertz CT molecular complexity index is 1040. The molecule has 3 aromatic carbocycles. The minimum atomic E-state index is 0.566. The minimum absolute atomic E-state index is 0.566. The third-order valence-electron chi connectivity index (χ3n) is 5.07. The Morgan fingerprint density at radius 1 is 1.00 bits per heavy atom. The number of aryl methyl sites for hydroxylation is 1. The minimum Gasteiger partial charge on any atom is -0.487 e. The van der Waals surface area contributed by atoms with Gasteiger partial charge < -0.3 is 14.4 Å². The smallest absolute Gasteiger partial charge is 0.146 e. The van der Waals surface area contributed by atoms with Crippen LogP contribution in [0.2, 0.25) is 0 Å². The van der Waals surface area contributed by atoms with Crippen LogP contribution in [0.3, 0.4) is 0 Å². The first-order chi connectivity index (χ1) is 15.1. The van der Waals surface area contributed by atoms with Crippen molar-refractivity contribution in [2.24, 2.45) is 4.99 Å². The molecule has 3 aromatic rings. The molecule has 31 heavy (non-hydrogen) atoms. The number of anilines is 1. The van der Waals surface area contributed by atoms with Gasteiger partial charge in [-0.25, -0.2) is 0 Å². The van der Waals surface area contributed by atoms with Crippen molar-refractivity contribution in [2.45, 2.75) is 13.5 Å². The summed E-state index contributed by atoms with van der Waals surface area (Å²) in [5.41, 5.74) is 5.66. The predicted octanol–water partition coefficient (Wildman–Crippen LogP) is 6.37. The van der Waals surface area contributed by atoms with E-state index in [1.165, 1.54) is 16.8 Å². The van der Waals surface area contributed by atoms with Crippen molar-refractivity contribution in [3.05, 3.63) is 84.5 Å². The van der Waals surface area contributed by atoms with Crippen LogP contribution in [0.25, 0.3) is 0 Å². The number of aliphatic imine (C=N–C) groups is 1. The Balaban J connectivity index is 1.42. The number of nitrogens with zero attached hydrogens (tertiary/aromatic N) is 2. The van der Waals surface area contributed by atoms with Crippen molar-refractivity contribution >= 4 is 62.8 Å². The van der Waals surface area contributed by atoms with Gasteiger partial charge in [-0.1, -0.05) is 29.8 Å². The van der Waals surface area contributed by atoms with E-state index in [-0.39, 0.29) is 0 Å². The van der Waals surface area contributed by atoms with Crippen LogP contribution in [0, 0.1) is 14.1 Å². The highest BCUT2D eigenvalue weighted by Crippen LogP contribution is 2.30. The van der Waals surface area contributed by atoms with E-state index in [0.717, 1.165) is 50.4 Å². The molecule has 0 saturated carbocycles. The van der Waals surface area contributed by atoms with Gasteiger partial charge in [0, 0.05) is 25.0 Å². The summed E-state index contributed by atoms with van der Waals surface area (Å²) in [4.78, 5) is 7.01.